The van der Waals surface area contributed by atoms with E-state index in [1.54, 1.807) is 0 Å². The summed E-state index contributed by atoms with van der Waals surface area (Å²) in [5.41, 5.74) is 0.983. The molecule has 0 heterocycles. The van der Waals surface area contributed by atoms with Crippen molar-refractivity contribution >= 4 is 5.97 Å². The van der Waals surface area contributed by atoms with Crippen molar-refractivity contribution in [3.8, 4) is 11.5 Å². The van der Waals surface area contributed by atoms with Gasteiger partial charge in [-0.25, -0.2) is 4.79 Å². The van der Waals surface area contributed by atoms with Crippen LogP contribution in [-0.4, -0.2) is 32.3 Å². The number of nitrogens with one attached hydrogen (secondary N) is 1. The molecular weight excluding hydrogens is 270 g/mol. The molecular formula is C16H25NO4. The molecule has 0 aliphatic heterocycles. The highest BCUT2D eigenvalue weighted by atomic mass is 16.6. The number of hydrogen-bond donors (Lipinski definition) is 1. The number of hydrogen-bond acceptors (Lipinski definition) is 5. The molecule has 0 amide bonds. The van der Waals surface area contributed by atoms with Crippen molar-refractivity contribution in [2.45, 2.75) is 39.8 Å². The van der Waals surface area contributed by atoms with Crippen molar-refractivity contribution < 1.29 is 19.0 Å². The molecule has 0 radical (unpaired) electrons. The molecule has 0 aromatic heterocycles. The highest BCUT2D eigenvalue weighted by molar-refractivity contribution is 5.71. The van der Waals surface area contributed by atoms with Gasteiger partial charge in [-0.05, 0) is 12.5 Å². The Morgan fingerprint density at radius 1 is 1.29 bits per heavy atom. The maximum atomic E-state index is 11.2. The van der Waals surface area contributed by atoms with Crippen LogP contribution in [0.1, 0.15) is 32.8 Å². The van der Waals surface area contributed by atoms with E-state index in [-0.39, 0.29) is 6.61 Å². The lowest BCUT2D eigenvalue weighted by Gasteiger charge is -2.15. The van der Waals surface area contributed by atoms with Gasteiger partial charge in [0.2, 0.25) is 0 Å². The van der Waals surface area contributed by atoms with Gasteiger partial charge in [-0.1, -0.05) is 26.8 Å². The fourth-order valence-corrected chi connectivity index (χ4v) is 1.63. The second kappa shape index (κ2) is 9.23. The Labute approximate surface area is 126 Å². The van der Waals surface area contributed by atoms with Crippen LogP contribution < -0.4 is 14.8 Å². The number of carbonyl (C=O) groups excluding carboxylic acids is 1. The summed E-state index contributed by atoms with van der Waals surface area (Å²) in [6.45, 7) is 7.42. The minimum atomic E-state index is -0.405. The Morgan fingerprint density at radius 3 is 2.67 bits per heavy atom. The van der Waals surface area contributed by atoms with Crippen LogP contribution in [0, 0.1) is 0 Å². The molecule has 1 aromatic carbocycles. The van der Waals surface area contributed by atoms with Gasteiger partial charge < -0.3 is 19.5 Å². The molecule has 0 unspecified atom stereocenters. The molecule has 0 aliphatic carbocycles. The average molecular weight is 295 g/mol. The minimum absolute atomic E-state index is 0.109. The first-order chi connectivity index (χ1) is 10.1. The Morgan fingerprint density at radius 2 is 2.05 bits per heavy atom. The lowest BCUT2D eigenvalue weighted by atomic mass is 10.2. The topological polar surface area (TPSA) is 56.8 Å². The van der Waals surface area contributed by atoms with Crippen molar-refractivity contribution in [1.29, 1.82) is 0 Å². The molecule has 0 saturated carbocycles. The molecule has 0 spiro atoms. The van der Waals surface area contributed by atoms with Crippen LogP contribution >= 0.6 is 0 Å². The monoisotopic (exact) mass is 295 g/mol. The number of benzene rings is 1. The molecule has 5 nitrogen and oxygen atoms in total. The number of rotatable bonds is 9. The van der Waals surface area contributed by atoms with Crippen molar-refractivity contribution in [3.05, 3.63) is 23.8 Å². The van der Waals surface area contributed by atoms with E-state index >= 15 is 0 Å². The van der Waals surface area contributed by atoms with Crippen molar-refractivity contribution in [3.63, 3.8) is 0 Å². The molecule has 1 rings (SSSR count). The highest BCUT2D eigenvalue weighted by Crippen LogP contribution is 2.25. The number of carbonyl (C=O) groups is 1. The van der Waals surface area contributed by atoms with Gasteiger partial charge in [-0.3, -0.25) is 0 Å². The minimum Gasteiger partial charge on any atom is -0.493 e. The molecule has 1 N–H and O–H groups in total. The van der Waals surface area contributed by atoms with Crippen LogP contribution in [0.15, 0.2) is 18.2 Å². The zero-order valence-electron chi connectivity index (χ0n) is 13.3. The van der Waals surface area contributed by atoms with Crippen LogP contribution in [0.4, 0.5) is 0 Å². The third kappa shape index (κ3) is 6.49. The summed E-state index contributed by atoms with van der Waals surface area (Å²) in [6.07, 6.45) is 0.939. The first-order valence-corrected chi connectivity index (χ1v) is 7.25. The van der Waals surface area contributed by atoms with Gasteiger partial charge in [0.05, 0.1) is 13.7 Å². The standard InChI is InChI=1S/C16H25NO4/c1-5-8-20-14-7-6-13(10-17-12(2)3)15(9-14)21-11-16(18)19-4/h6-7,9,12,17H,5,8,10-11H2,1-4H3. The van der Waals surface area contributed by atoms with Gasteiger partial charge in [0.15, 0.2) is 6.61 Å². The number of esters is 1. The predicted molar refractivity (Wildman–Crippen MR) is 81.7 cm³/mol. The lowest BCUT2D eigenvalue weighted by Crippen LogP contribution is -2.22. The van der Waals surface area contributed by atoms with Crippen LogP contribution in [0.5, 0.6) is 11.5 Å². The molecule has 0 aliphatic rings. The van der Waals surface area contributed by atoms with E-state index in [9.17, 15) is 4.79 Å². The van der Waals surface area contributed by atoms with E-state index in [1.165, 1.54) is 7.11 Å². The molecule has 0 bridgehead atoms. The van der Waals surface area contributed by atoms with Gasteiger partial charge in [0.1, 0.15) is 11.5 Å². The summed E-state index contributed by atoms with van der Waals surface area (Å²) in [5.74, 6) is 0.977. The van der Waals surface area contributed by atoms with Crippen molar-refractivity contribution in [2.75, 3.05) is 20.3 Å². The summed E-state index contributed by atoms with van der Waals surface area (Å²) >= 11 is 0. The fraction of sp³-hybridized carbons (Fsp3) is 0.562. The smallest absolute Gasteiger partial charge is 0.343 e. The SMILES string of the molecule is CCCOc1ccc(CNC(C)C)c(OCC(=O)OC)c1. The molecule has 118 valence electrons. The van der Waals surface area contributed by atoms with Gasteiger partial charge in [0, 0.05) is 24.2 Å². The van der Waals surface area contributed by atoms with E-state index in [4.69, 9.17) is 9.47 Å². The van der Waals surface area contributed by atoms with Gasteiger partial charge in [-0.2, -0.15) is 0 Å². The summed E-state index contributed by atoms with van der Waals surface area (Å²) < 4.78 is 15.7. The zero-order valence-corrected chi connectivity index (χ0v) is 13.3. The maximum Gasteiger partial charge on any atom is 0.343 e. The van der Waals surface area contributed by atoms with Crippen molar-refractivity contribution in [1.82, 2.24) is 5.32 Å². The molecule has 0 fully saturated rings. The van der Waals surface area contributed by atoms with Crippen LogP contribution in [0.25, 0.3) is 0 Å². The van der Waals surface area contributed by atoms with Gasteiger partial charge in [-0.15, -0.1) is 0 Å². The predicted octanol–water partition coefficient (Wildman–Crippen LogP) is 2.53. The normalized spacial score (nSPS) is 10.5. The molecule has 0 saturated heterocycles. The second-order valence-corrected chi connectivity index (χ2v) is 5.02. The Kier molecular flexibility index (Phi) is 7.61. The van der Waals surface area contributed by atoms with Crippen LogP contribution in [0.3, 0.4) is 0 Å². The maximum absolute atomic E-state index is 11.2. The average Bonchev–Trinajstić information content (AvgIpc) is 2.49. The molecule has 21 heavy (non-hydrogen) atoms. The number of methoxy groups -OCH3 is 1. The quantitative estimate of drug-likeness (QED) is 0.709. The van der Waals surface area contributed by atoms with E-state index in [0.29, 0.717) is 24.9 Å². The Bertz CT molecular complexity index is 446. The fourth-order valence-electron chi connectivity index (χ4n) is 1.63. The van der Waals surface area contributed by atoms with E-state index < -0.39 is 5.97 Å². The van der Waals surface area contributed by atoms with Gasteiger partial charge >= 0.3 is 5.97 Å². The Hall–Kier alpha value is -1.75. The van der Waals surface area contributed by atoms with Crippen LogP contribution in [0.2, 0.25) is 0 Å². The first kappa shape index (κ1) is 17.3. The third-order valence-corrected chi connectivity index (χ3v) is 2.79. The van der Waals surface area contributed by atoms with E-state index in [1.807, 2.05) is 18.2 Å². The number of ether oxygens (including phenoxy) is 3. The second-order valence-electron chi connectivity index (χ2n) is 5.02. The summed E-state index contributed by atoms with van der Waals surface area (Å²) in [4.78, 5) is 11.2. The van der Waals surface area contributed by atoms with E-state index in [2.05, 4.69) is 30.8 Å². The van der Waals surface area contributed by atoms with Crippen molar-refractivity contribution in [2.24, 2.45) is 0 Å². The zero-order chi connectivity index (χ0) is 15.7. The van der Waals surface area contributed by atoms with E-state index in [0.717, 1.165) is 17.7 Å². The first-order valence-electron chi connectivity index (χ1n) is 7.25. The molecule has 5 heteroatoms. The largest absolute Gasteiger partial charge is 0.493 e. The lowest BCUT2D eigenvalue weighted by molar-refractivity contribution is -0.142. The Balaban J connectivity index is 2.80. The summed E-state index contributed by atoms with van der Waals surface area (Å²) in [6, 6.07) is 6.05. The highest BCUT2D eigenvalue weighted by Gasteiger charge is 2.09. The molecule has 0 atom stereocenters. The summed E-state index contributed by atoms with van der Waals surface area (Å²) in [7, 11) is 1.34. The third-order valence-electron chi connectivity index (χ3n) is 2.79. The summed E-state index contributed by atoms with van der Waals surface area (Å²) in [5, 5.41) is 3.33. The van der Waals surface area contributed by atoms with Crippen LogP contribution in [-0.2, 0) is 16.1 Å². The van der Waals surface area contributed by atoms with Gasteiger partial charge in [0.25, 0.3) is 0 Å². The molecule has 1 aromatic rings.